The second-order valence-corrected chi connectivity index (χ2v) is 5.12. The molecule has 0 amide bonds. The van der Waals surface area contributed by atoms with E-state index in [-0.39, 0.29) is 30.2 Å². The van der Waals surface area contributed by atoms with Crippen molar-refractivity contribution in [1.82, 2.24) is 0 Å². The molecule has 110 valence electrons. The lowest BCUT2D eigenvalue weighted by Crippen LogP contribution is -2.04. The lowest BCUT2D eigenvalue weighted by atomic mass is 10.2. The van der Waals surface area contributed by atoms with E-state index in [1.807, 2.05) is 0 Å². The van der Waals surface area contributed by atoms with Crippen molar-refractivity contribution in [3.05, 3.63) is 67.9 Å². The van der Waals surface area contributed by atoms with Gasteiger partial charge in [0.15, 0.2) is 11.6 Å². The summed E-state index contributed by atoms with van der Waals surface area (Å²) in [7, 11) is 0. The molecular weight excluding hydrogens is 345 g/mol. The normalized spacial score (nSPS) is 10.4. The molecule has 0 aliphatic carbocycles. The fraction of sp³-hybridized carbons (Fsp3) is 0.143. The number of hydrogen-bond acceptors (Lipinski definition) is 4. The predicted molar refractivity (Wildman–Crippen MR) is 77.5 cm³/mol. The van der Waals surface area contributed by atoms with Crippen LogP contribution in [0.3, 0.4) is 0 Å². The van der Waals surface area contributed by atoms with Crippen LogP contribution in [0.5, 0.6) is 5.75 Å². The largest absolute Gasteiger partial charge is 0.485 e. The average Bonchev–Trinajstić information content (AvgIpc) is 2.46. The molecule has 21 heavy (non-hydrogen) atoms. The van der Waals surface area contributed by atoms with Crippen LogP contribution in [-0.2, 0) is 13.2 Å². The van der Waals surface area contributed by atoms with Crippen LogP contribution in [0.15, 0.2) is 40.9 Å². The van der Waals surface area contributed by atoms with E-state index in [0.717, 1.165) is 0 Å². The summed E-state index contributed by atoms with van der Waals surface area (Å²) in [5, 5.41) is 20.1. The first-order chi connectivity index (χ1) is 10.0. The third kappa shape index (κ3) is 3.56. The highest BCUT2D eigenvalue weighted by Crippen LogP contribution is 2.27. The van der Waals surface area contributed by atoms with Gasteiger partial charge in [-0.3, -0.25) is 10.1 Å². The van der Waals surface area contributed by atoms with Gasteiger partial charge < -0.3 is 9.84 Å². The van der Waals surface area contributed by atoms with Crippen molar-refractivity contribution in [2.45, 2.75) is 13.2 Å². The van der Waals surface area contributed by atoms with Crippen LogP contribution in [-0.4, -0.2) is 10.0 Å². The Bertz CT molecular complexity index is 678. The van der Waals surface area contributed by atoms with Crippen LogP contribution in [0.2, 0.25) is 0 Å². The molecule has 1 N–H and O–H groups in total. The molecule has 5 nitrogen and oxygen atoms in total. The van der Waals surface area contributed by atoms with Crippen LogP contribution in [0.4, 0.5) is 10.1 Å². The fourth-order valence-electron chi connectivity index (χ4n) is 1.82. The minimum absolute atomic E-state index is 0.0998. The van der Waals surface area contributed by atoms with E-state index in [4.69, 9.17) is 9.84 Å². The minimum Gasteiger partial charge on any atom is -0.485 e. The molecule has 0 saturated heterocycles. The summed E-state index contributed by atoms with van der Waals surface area (Å²) in [6, 6.07) is 8.70. The van der Waals surface area contributed by atoms with E-state index in [1.165, 1.54) is 30.3 Å². The van der Waals surface area contributed by atoms with Gasteiger partial charge in [0, 0.05) is 16.1 Å². The number of para-hydroxylation sites is 1. The molecule has 7 heteroatoms. The Morgan fingerprint density at radius 3 is 2.71 bits per heavy atom. The Morgan fingerprint density at radius 2 is 2.05 bits per heavy atom. The lowest BCUT2D eigenvalue weighted by Gasteiger charge is -2.11. The molecule has 0 spiro atoms. The minimum atomic E-state index is -0.624. The highest BCUT2D eigenvalue weighted by Gasteiger charge is 2.16. The Morgan fingerprint density at radius 1 is 1.29 bits per heavy atom. The molecule has 2 rings (SSSR count). The molecule has 2 aromatic rings. The van der Waals surface area contributed by atoms with Crippen molar-refractivity contribution in [2.24, 2.45) is 0 Å². The van der Waals surface area contributed by atoms with E-state index in [0.29, 0.717) is 10.0 Å². The second kappa shape index (κ2) is 6.64. The summed E-state index contributed by atoms with van der Waals surface area (Å²) in [5.41, 5.74) is 0.483. The molecule has 2 aromatic carbocycles. The molecule has 0 aliphatic rings. The molecule has 0 bridgehead atoms. The Kier molecular flexibility index (Phi) is 4.87. The maximum Gasteiger partial charge on any atom is 0.277 e. The van der Waals surface area contributed by atoms with Gasteiger partial charge in [0.25, 0.3) is 5.69 Å². The summed E-state index contributed by atoms with van der Waals surface area (Å²) < 4.78 is 19.6. The summed E-state index contributed by atoms with van der Waals surface area (Å²) in [5.74, 6) is -0.724. The number of nitro groups is 1. The van der Waals surface area contributed by atoms with Crippen LogP contribution in [0.25, 0.3) is 0 Å². The first-order valence-corrected chi connectivity index (χ1v) is 6.76. The first kappa shape index (κ1) is 15.4. The summed E-state index contributed by atoms with van der Waals surface area (Å²) in [6.45, 7) is -0.549. The quantitative estimate of drug-likeness (QED) is 0.657. The summed E-state index contributed by atoms with van der Waals surface area (Å²) in [4.78, 5) is 10.5. The highest BCUT2D eigenvalue weighted by molar-refractivity contribution is 9.10. The smallest absolute Gasteiger partial charge is 0.277 e. The van der Waals surface area contributed by atoms with E-state index in [9.17, 15) is 14.5 Å². The van der Waals surface area contributed by atoms with Crippen molar-refractivity contribution in [3.63, 3.8) is 0 Å². The monoisotopic (exact) mass is 355 g/mol. The predicted octanol–water partition coefficient (Wildman–Crippen LogP) is 3.57. The molecule has 0 aromatic heterocycles. The van der Waals surface area contributed by atoms with Crippen molar-refractivity contribution < 1.29 is 19.2 Å². The maximum atomic E-state index is 13.7. The van der Waals surface area contributed by atoms with Gasteiger partial charge in [0.1, 0.15) is 6.61 Å². The standard InChI is InChI=1S/C14H11BrFNO4/c15-11-5-4-10(13(6-11)17(19)20)8-21-14-9(7-18)2-1-3-12(14)16/h1-6,18H,7-8H2. The number of ether oxygens (including phenoxy) is 1. The maximum absolute atomic E-state index is 13.7. The number of nitro benzene ring substituents is 1. The molecule has 0 aliphatic heterocycles. The molecule has 0 heterocycles. The van der Waals surface area contributed by atoms with Gasteiger partial charge in [-0.05, 0) is 18.2 Å². The first-order valence-electron chi connectivity index (χ1n) is 5.96. The lowest BCUT2D eigenvalue weighted by molar-refractivity contribution is -0.385. The Balaban J connectivity index is 2.27. The topological polar surface area (TPSA) is 72.6 Å². The van der Waals surface area contributed by atoms with E-state index in [2.05, 4.69) is 15.9 Å². The highest BCUT2D eigenvalue weighted by atomic mass is 79.9. The molecule has 0 saturated carbocycles. The zero-order valence-corrected chi connectivity index (χ0v) is 12.3. The van der Waals surface area contributed by atoms with Gasteiger partial charge in [-0.2, -0.15) is 0 Å². The second-order valence-electron chi connectivity index (χ2n) is 4.21. The number of benzene rings is 2. The molecule has 0 fully saturated rings. The average molecular weight is 356 g/mol. The van der Waals surface area contributed by atoms with Gasteiger partial charge >= 0.3 is 0 Å². The van der Waals surface area contributed by atoms with Crippen LogP contribution < -0.4 is 4.74 Å². The van der Waals surface area contributed by atoms with E-state index >= 15 is 0 Å². The third-order valence-electron chi connectivity index (χ3n) is 2.83. The molecule has 0 atom stereocenters. The molecular formula is C14H11BrFNO4. The van der Waals surface area contributed by atoms with Gasteiger partial charge in [-0.25, -0.2) is 4.39 Å². The van der Waals surface area contributed by atoms with E-state index < -0.39 is 10.7 Å². The van der Waals surface area contributed by atoms with Crippen molar-refractivity contribution in [3.8, 4) is 5.75 Å². The molecule has 0 radical (unpaired) electrons. The number of aliphatic hydroxyl groups excluding tert-OH is 1. The number of nitrogens with zero attached hydrogens (tertiary/aromatic N) is 1. The van der Waals surface area contributed by atoms with Gasteiger partial charge in [-0.15, -0.1) is 0 Å². The van der Waals surface area contributed by atoms with E-state index in [1.54, 1.807) is 6.07 Å². The van der Waals surface area contributed by atoms with Crippen LogP contribution in [0.1, 0.15) is 11.1 Å². The van der Waals surface area contributed by atoms with Crippen molar-refractivity contribution >= 4 is 21.6 Å². The summed E-state index contributed by atoms with van der Waals surface area (Å²) >= 11 is 3.16. The number of rotatable bonds is 5. The summed E-state index contributed by atoms with van der Waals surface area (Å²) in [6.07, 6.45) is 0. The number of aliphatic hydroxyl groups is 1. The SMILES string of the molecule is O=[N+]([O-])c1cc(Br)ccc1COc1c(F)cccc1CO. The van der Waals surface area contributed by atoms with Crippen molar-refractivity contribution in [2.75, 3.05) is 0 Å². The van der Waals surface area contributed by atoms with Gasteiger partial charge in [-0.1, -0.05) is 28.1 Å². The van der Waals surface area contributed by atoms with Gasteiger partial charge in [0.05, 0.1) is 17.1 Å². The van der Waals surface area contributed by atoms with Crippen molar-refractivity contribution in [1.29, 1.82) is 0 Å². The molecule has 0 unspecified atom stereocenters. The van der Waals surface area contributed by atoms with Crippen LogP contribution in [0, 0.1) is 15.9 Å². The fourth-order valence-corrected chi connectivity index (χ4v) is 2.17. The van der Waals surface area contributed by atoms with Gasteiger partial charge in [0.2, 0.25) is 0 Å². The number of hydrogen-bond donors (Lipinski definition) is 1. The Hall–Kier alpha value is -1.99. The Labute approximate surface area is 128 Å². The number of halogens is 2. The zero-order valence-electron chi connectivity index (χ0n) is 10.8. The van der Waals surface area contributed by atoms with Crippen LogP contribution >= 0.6 is 15.9 Å². The third-order valence-corrected chi connectivity index (χ3v) is 3.33. The zero-order chi connectivity index (χ0) is 15.4.